The van der Waals surface area contributed by atoms with Gasteiger partial charge in [-0.1, -0.05) is 0 Å². The van der Waals surface area contributed by atoms with Crippen LogP contribution in [-0.4, -0.2) is 48.6 Å². The quantitative estimate of drug-likeness (QED) is 0.544. The fraction of sp³-hybridized carbons (Fsp3) is 0.455. The molecule has 1 amide bonds. The molecule has 4 heterocycles. The van der Waals surface area contributed by atoms with Crippen molar-refractivity contribution < 1.29 is 4.79 Å². The molecule has 6 rings (SSSR count). The van der Waals surface area contributed by atoms with Crippen LogP contribution in [0.5, 0.6) is 0 Å². The summed E-state index contributed by atoms with van der Waals surface area (Å²) in [4.78, 5) is 32.9. The van der Waals surface area contributed by atoms with Gasteiger partial charge in [-0.3, -0.25) is 14.9 Å². The summed E-state index contributed by atoms with van der Waals surface area (Å²) in [6, 6.07) is 1.74. The molecule has 2 fully saturated rings. The fourth-order valence-corrected chi connectivity index (χ4v) is 4.63. The van der Waals surface area contributed by atoms with Gasteiger partial charge in [-0.05, 0) is 44.9 Å². The van der Waals surface area contributed by atoms with E-state index in [9.17, 15) is 4.79 Å². The van der Waals surface area contributed by atoms with Crippen molar-refractivity contribution in [3.05, 3.63) is 41.6 Å². The lowest BCUT2D eigenvalue weighted by Gasteiger charge is -2.25. The van der Waals surface area contributed by atoms with E-state index in [4.69, 9.17) is 9.97 Å². The molecule has 3 aliphatic rings. The summed E-state index contributed by atoms with van der Waals surface area (Å²) in [7, 11) is 0. The Morgan fingerprint density at radius 2 is 2.03 bits per heavy atom. The largest absolute Gasteiger partial charge is 0.329 e. The number of hydrogen-bond donors (Lipinski definition) is 3. The van der Waals surface area contributed by atoms with Crippen LogP contribution in [0.3, 0.4) is 0 Å². The molecule has 10 nitrogen and oxygen atoms in total. The molecule has 1 saturated heterocycles. The number of aryl methyl sites for hydroxylation is 1. The highest BCUT2D eigenvalue weighted by molar-refractivity contribution is 5.96. The lowest BCUT2D eigenvalue weighted by Crippen LogP contribution is -2.41. The lowest BCUT2D eigenvalue weighted by molar-refractivity contribution is -0.117. The second-order valence-corrected chi connectivity index (χ2v) is 8.69. The standard InChI is InChI=1S/C22H25N9O/c32-21(27-19-12-23-8-9-24-19)17-5-2-10-31(17)22-25-15-4-1-3-14(15)20(28-22)26-18-11-16(29-30-18)13-6-7-13/h8-9,11-13,17H,1-7,10H2,(H,24,27,32)(H2,25,26,28,29,30)/t17-/m0/s1. The normalized spacial score (nSPS) is 19.8. The van der Waals surface area contributed by atoms with Gasteiger partial charge in [-0.15, -0.1) is 0 Å². The molecule has 0 aromatic carbocycles. The number of nitrogens with one attached hydrogen (secondary N) is 3. The minimum Gasteiger partial charge on any atom is -0.329 e. The lowest BCUT2D eigenvalue weighted by atomic mass is 10.2. The highest BCUT2D eigenvalue weighted by atomic mass is 16.2. The summed E-state index contributed by atoms with van der Waals surface area (Å²) in [5, 5.41) is 13.9. The van der Waals surface area contributed by atoms with Gasteiger partial charge in [0.15, 0.2) is 11.6 Å². The number of carbonyl (C=O) groups is 1. The zero-order chi connectivity index (χ0) is 21.5. The average molecular weight is 432 g/mol. The number of carbonyl (C=O) groups excluding carboxylic acids is 1. The zero-order valence-electron chi connectivity index (χ0n) is 17.7. The smallest absolute Gasteiger partial charge is 0.248 e. The van der Waals surface area contributed by atoms with Crippen LogP contribution < -0.4 is 15.5 Å². The van der Waals surface area contributed by atoms with E-state index < -0.39 is 0 Å². The number of aromatic amines is 1. The molecule has 0 spiro atoms. The fourth-order valence-electron chi connectivity index (χ4n) is 4.63. The number of anilines is 4. The average Bonchev–Trinajstić information content (AvgIpc) is 3.20. The molecule has 164 valence electrons. The molecule has 0 radical (unpaired) electrons. The SMILES string of the molecule is O=C(Nc1cnccn1)[C@@H]1CCCN1c1nc2c(c(Nc3cc(C4CC4)[nH]n3)n1)CCC2. The van der Waals surface area contributed by atoms with Crippen molar-refractivity contribution in [2.75, 3.05) is 22.1 Å². The number of aromatic nitrogens is 6. The van der Waals surface area contributed by atoms with Gasteiger partial charge >= 0.3 is 0 Å². The molecular formula is C22H25N9O. The second-order valence-electron chi connectivity index (χ2n) is 8.69. The minimum atomic E-state index is -0.337. The summed E-state index contributed by atoms with van der Waals surface area (Å²) < 4.78 is 0. The monoisotopic (exact) mass is 431 g/mol. The molecule has 3 aromatic heterocycles. The van der Waals surface area contributed by atoms with E-state index in [0.717, 1.165) is 61.5 Å². The van der Waals surface area contributed by atoms with Crippen LogP contribution in [-0.2, 0) is 17.6 Å². The third-order valence-electron chi connectivity index (χ3n) is 6.41. The Morgan fingerprint density at radius 3 is 2.88 bits per heavy atom. The van der Waals surface area contributed by atoms with E-state index in [-0.39, 0.29) is 11.9 Å². The Morgan fingerprint density at radius 1 is 1.09 bits per heavy atom. The van der Waals surface area contributed by atoms with Crippen LogP contribution >= 0.6 is 0 Å². The van der Waals surface area contributed by atoms with Crippen molar-refractivity contribution in [3.8, 4) is 0 Å². The first-order valence-corrected chi connectivity index (χ1v) is 11.3. The van der Waals surface area contributed by atoms with Crippen LogP contribution in [0.4, 0.5) is 23.4 Å². The molecular weight excluding hydrogens is 406 g/mol. The van der Waals surface area contributed by atoms with Gasteiger partial charge in [-0.2, -0.15) is 10.1 Å². The maximum absolute atomic E-state index is 13.0. The Kier molecular flexibility index (Phi) is 4.70. The maximum atomic E-state index is 13.0. The summed E-state index contributed by atoms with van der Waals surface area (Å²) in [5.41, 5.74) is 3.40. The first-order chi connectivity index (χ1) is 15.7. The van der Waals surface area contributed by atoms with E-state index in [1.807, 2.05) is 4.90 Å². The Labute approximate surface area is 185 Å². The molecule has 1 aliphatic heterocycles. The summed E-state index contributed by atoms with van der Waals surface area (Å²) in [6.45, 7) is 0.741. The van der Waals surface area contributed by atoms with Gasteiger partial charge in [-0.25, -0.2) is 9.97 Å². The van der Waals surface area contributed by atoms with Crippen LogP contribution in [0.25, 0.3) is 0 Å². The van der Waals surface area contributed by atoms with Crippen molar-refractivity contribution in [2.24, 2.45) is 0 Å². The van der Waals surface area contributed by atoms with Gasteiger partial charge in [0.25, 0.3) is 0 Å². The molecule has 0 bridgehead atoms. The van der Waals surface area contributed by atoms with Gasteiger partial charge in [0.1, 0.15) is 11.9 Å². The van der Waals surface area contributed by atoms with Crippen LogP contribution in [0.1, 0.15) is 55.0 Å². The third-order valence-corrected chi connectivity index (χ3v) is 6.41. The summed E-state index contributed by atoms with van der Waals surface area (Å²) in [6.07, 6.45) is 11.7. The Bertz CT molecular complexity index is 1140. The first kappa shape index (κ1) is 19.1. The number of H-pyrrole nitrogens is 1. The molecule has 32 heavy (non-hydrogen) atoms. The van der Waals surface area contributed by atoms with Gasteiger partial charge in [0.2, 0.25) is 11.9 Å². The molecule has 10 heteroatoms. The Balaban J connectivity index is 1.27. The van der Waals surface area contributed by atoms with Crippen molar-refractivity contribution in [1.29, 1.82) is 0 Å². The van der Waals surface area contributed by atoms with E-state index in [1.165, 1.54) is 18.5 Å². The topological polar surface area (TPSA) is 125 Å². The Hall–Kier alpha value is -3.56. The second kappa shape index (κ2) is 7.85. The van der Waals surface area contributed by atoms with Crippen LogP contribution in [0, 0.1) is 0 Å². The molecule has 2 aliphatic carbocycles. The van der Waals surface area contributed by atoms with Crippen molar-refractivity contribution in [3.63, 3.8) is 0 Å². The van der Waals surface area contributed by atoms with E-state index in [2.05, 4.69) is 36.9 Å². The molecule has 3 N–H and O–H groups in total. The van der Waals surface area contributed by atoms with Gasteiger partial charge in [0, 0.05) is 42.2 Å². The number of amides is 1. The van der Waals surface area contributed by atoms with Crippen LogP contribution in [0.2, 0.25) is 0 Å². The van der Waals surface area contributed by atoms with Crippen molar-refractivity contribution in [1.82, 2.24) is 30.1 Å². The summed E-state index contributed by atoms with van der Waals surface area (Å²) in [5.74, 6) is 3.14. The van der Waals surface area contributed by atoms with Crippen molar-refractivity contribution >= 4 is 29.3 Å². The van der Waals surface area contributed by atoms with Gasteiger partial charge < -0.3 is 15.5 Å². The van der Waals surface area contributed by atoms with Crippen LogP contribution in [0.15, 0.2) is 24.7 Å². The first-order valence-electron chi connectivity index (χ1n) is 11.3. The number of hydrogen-bond acceptors (Lipinski definition) is 8. The predicted molar refractivity (Wildman–Crippen MR) is 119 cm³/mol. The number of rotatable bonds is 6. The molecule has 1 atom stereocenters. The third kappa shape index (κ3) is 3.65. The van der Waals surface area contributed by atoms with E-state index in [0.29, 0.717) is 17.7 Å². The molecule has 3 aromatic rings. The van der Waals surface area contributed by atoms with E-state index in [1.54, 1.807) is 18.6 Å². The molecule has 1 saturated carbocycles. The van der Waals surface area contributed by atoms with E-state index >= 15 is 0 Å². The highest BCUT2D eigenvalue weighted by Crippen LogP contribution is 2.40. The number of nitrogens with zero attached hydrogens (tertiary/aromatic N) is 6. The summed E-state index contributed by atoms with van der Waals surface area (Å²) >= 11 is 0. The van der Waals surface area contributed by atoms with Gasteiger partial charge in [0.05, 0.1) is 11.9 Å². The van der Waals surface area contributed by atoms with Crippen molar-refractivity contribution in [2.45, 2.75) is 56.9 Å². The molecule has 0 unspecified atom stereocenters. The maximum Gasteiger partial charge on any atom is 0.248 e. The highest BCUT2D eigenvalue weighted by Gasteiger charge is 2.34. The number of fused-ring (bicyclic) bond motifs is 1. The minimum absolute atomic E-state index is 0.108. The predicted octanol–water partition coefficient (Wildman–Crippen LogP) is 2.71. The zero-order valence-corrected chi connectivity index (χ0v) is 17.7.